The summed E-state index contributed by atoms with van der Waals surface area (Å²) in [5.41, 5.74) is 3.91. The Hall–Kier alpha value is -1.83. The van der Waals surface area contributed by atoms with Crippen LogP contribution in [0, 0.1) is 0 Å². The van der Waals surface area contributed by atoms with Crippen LogP contribution in [0.15, 0.2) is 42.6 Å². The zero-order valence-electron chi connectivity index (χ0n) is 18.8. The Morgan fingerprint density at radius 1 is 0.621 bits per heavy atom. The highest BCUT2D eigenvalue weighted by Gasteiger charge is 2.01. The number of ether oxygens (including phenoxy) is 1. The minimum absolute atomic E-state index is 0.834. The quantitative estimate of drug-likeness (QED) is 0.271. The molecule has 0 bridgehead atoms. The second-order valence-electron chi connectivity index (χ2n) is 8.23. The Morgan fingerprint density at radius 2 is 1.28 bits per heavy atom. The summed E-state index contributed by atoms with van der Waals surface area (Å²) in [7, 11) is 0. The van der Waals surface area contributed by atoms with Crippen molar-refractivity contribution >= 4 is 0 Å². The van der Waals surface area contributed by atoms with Crippen LogP contribution in [0.3, 0.4) is 0 Å². The standard InChI is InChI=1S/C27H41NO/c1-3-5-7-9-10-12-22-29-27-20-16-24(17-21-27)14-18-26-19-15-25(23-28-26)13-11-8-6-4-2/h15-17,19-21,23H,3-14,18,22H2,1-2H3. The molecular weight excluding hydrogens is 354 g/mol. The number of rotatable bonds is 16. The summed E-state index contributed by atoms with van der Waals surface area (Å²) >= 11 is 0. The molecule has 29 heavy (non-hydrogen) atoms. The van der Waals surface area contributed by atoms with Crippen molar-refractivity contribution in [2.45, 2.75) is 97.3 Å². The lowest BCUT2D eigenvalue weighted by molar-refractivity contribution is 0.304. The maximum atomic E-state index is 5.88. The van der Waals surface area contributed by atoms with Crippen LogP contribution in [-0.2, 0) is 19.3 Å². The molecule has 0 aliphatic carbocycles. The van der Waals surface area contributed by atoms with Gasteiger partial charge in [-0.3, -0.25) is 4.98 Å². The van der Waals surface area contributed by atoms with Crippen LogP contribution in [0.4, 0.5) is 0 Å². The summed E-state index contributed by atoms with van der Waals surface area (Å²) in [5.74, 6) is 0.993. The molecule has 2 rings (SSSR count). The predicted octanol–water partition coefficient (Wildman–Crippen LogP) is 7.73. The number of aromatic nitrogens is 1. The fourth-order valence-electron chi connectivity index (χ4n) is 3.60. The van der Waals surface area contributed by atoms with Crippen molar-refractivity contribution < 1.29 is 4.74 Å². The minimum Gasteiger partial charge on any atom is -0.494 e. The van der Waals surface area contributed by atoms with E-state index < -0.39 is 0 Å². The average Bonchev–Trinajstić information content (AvgIpc) is 2.76. The van der Waals surface area contributed by atoms with Crippen LogP contribution in [-0.4, -0.2) is 11.6 Å². The van der Waals surface area contributed by atoms with Gasteiger partial charge in [-0.15, -0.1) is 0 Å². The van der Waals surface area contributed by atoms with E-state index in [9.17, 15) is 0 Å². The molecule has 2 nitrogen and oxygen atoms in total. The zero-order chi connectivity index (χ0) is 20.6. The van der Waals surface area contributed by atoms with E-state index in [1.165, 1.54) is 74.6 Å². The highest BCUT2D eigenvalue weighted by Crippen LogP contribution is 2.15. The largest absolute Gasteiger partial charge is 0.494 e. The van der Waals surface area contributed by atoms with E-state index in [1.54, 1.807) is 0 Å². The normalized spacial score (nSPS) is 11.0. The first-order valence-corrected chi connectivity index (χ1v) is 12.0. The SMILES string of the molecule is CCCCCCCCOc1ccc(CCc2ccc(CCCCCC)cn2)cc1. The average molecular weight is 396 g/mol. The van der Waals surface area contributed by atoms with Gasteiger partial charge in [-0.05, 0) is 61.4 Å². The summed E-state index contributed by atoms with van der Waals surface area (Å²) in [6.07, 6.45) is 18.3. The first-order valence-electron chi connectivity index (χ1n) is 12.0. The van der Waals surface area contributed by atoms with Crippen molar-refractivity contribution in [2.24, 2.45) is 0 Å². The predicted molar refractivity (Wildman–Crippen MR) is 125 cm³/mol. The maximum absolute atomic E-state index is 5.88. The number of pyridine rings is 1. The molecule has 160 valence electrons. The maximum Gasteiger partial charge on any atom is 0.119 e. The summed E-state index contributed by atoms with van der Waals surface area (Å²) < 4.78 is 5.88. The topological polar surface area (TPSA) is 22.1 Å². The molecule has 0 fully saturated rings. The third kappa shape index (κ3) is 10.5. The number of aryl methyl sites for hydroxylation is 3. The number of unbranched alkanes of at least 4 members (excludes halogenated alkanes) is 8. The van der Waals surface area contributed by atoms with Gasteiger partial charge < -0.3 is 4.74 Å². The van der Waals surface area contributed by atoms with Crippen molar-refractivity contribution in [3.05, 3.63) is 59.4 Å². The van der Waals surface area contributed by atoms with Gasteiger partial charge >= 0.3 is 0 Å². The van der Waals surface area contributed by atoms with E-state index in [2.05, 4.69) is 61.4 Å². The van der Waals surface area contributed by atoms with E-state index in [1.807, 2.05) is 0 Å². The lowest BCUT2D eigenvalue weighted by Crippen LogP contribution is -1.98. The van der Waals surface area contributed by atoms with E-state index in [4.69, 9.17) is 4.74 Å². The minimum atomic E-state index is 0.834. The van der Waals surface area contributed by atoms with Crippen molar-refractivity contribution in [3.8, 4) is 5.75 Å². The van der Waals surface area contributed by atoms with Gasteiger partial charge in [0, 0.05) is 11.9 Å². The molecule has 0 saturated heterocycles. The zero-order valence-corrected chi connectivity index (χ0v) is 18.8. The Labute approximate surface area is 179 Å². The molecule has 2 aromatic rings. The van der Waals surface area contributed by atoms with Crippen LogP contribution in [0.5, 0.6) is 5.75 Å². The lowest BCUT2D eigenvalue weighted by Gasteiger charge is -2.08. The van der Waals surface area contributed by atoms with Gasteiger partial charge in [0.15, 0.2) is 0 Å². The van der Waals surface area contributed by atoms with Gasteiger partial charge in [-0.25, -0.2) is 0 Å². The lowest BCUT2D eigenvalue weighted by atomic mass is 10.1. The van der Waals surface area contributed by atoms with Crippen LogP contribution in [0.25, 0.3) is 0 Å². The van der Waals surface area contributed by atoms with Gasteiger partial charge in [0.1, 0.15) is 5.75 Å². The van der Waals surface area contributed by atoms with Crippen molar-refractivity contribution in [2.75, 3.05) is 6.61 Å². The fraction of sp³-hybridized carbons (Fsp3) is 0.593. The monoisotopic (exact) mass is 395 g/mol. The Balaban J connectivity index is 1.62. The Bertz CT molecular complexity index is 633. The summed E-state index contributed by atoms with van der Waals surface area (Å²) in [4.78, 5) is 4.66. The van der Waals surface area contributed by atoms with Crippen molar-refractivity contribution in [1.82, 2.24) is 4.98 Å². The highest BCUT2D eigenvalue weighted by atomic mass is 16.5. The van der Waals surface area contributed by atoms with Crippen molar-refractivity contribution in [1.29, 1.82) is 0 Å². The van der Waals surface area contributed by atoms with Gasteiger partial charge in [-0.1, -0.05) is 83.4 Å². The number of nitrogens with zero attached hydrogens (tertiary/aromatic N) is 1. The van der Waals surface area contributed by atoms with Gasteiger partial charge in [0.05, 0.1) is 6.61 Å². The molecule has 0 spiro atoms. The number of hydrogen-bond donors (Lipinski definition) is 0. The van der Waals surface area contributed by atoms with Crippen LogP contribution in [0.1, 0.15) is 94.9 Å². The molecule has 1 heterocycles. The van der Waals surface area contributed by atoms with E-state index in [0.717, 1.165) is 38.0 Å². The fourth-order valence-corrected chi connectivity index (χ4v) is 3.60. The first kappa shape index (κ1) is 23.4. The molecule has 2 heteroatoms. The first-order chi connectivity index (χ1) is 14.3. The molecular formula is C27H41NO. The highest BCUT2D eigenvalue weighted by molar-refractivity contribution is 5.28. The Kier molecular flexibility index (Phi) is 12.2. The van der Waals surface area contributed by atoms with Gasteiger partial charge in [0.25, 0.3) is 0 Å². The second kappa shape index (κ2) is 15.1. The third-order valence-electron chi connectivity index (χ3n) is 5.56. The summed E-state index contributed by atoms with van der Waals surface area (Å²) in [6.45, 7) is 5.35. The third-order valence-corrected chi connectivity index (χ3v) is 5.56. The molecule has 0 saturated carbocycles. The molecule has 0 aliphatic heterocycles. The smallest absolute Gasteiger partial charge is 0.119 e. The van der Waals surface area contributed by atoms with Gasteiger partial charge in [0.2, 0.25) is 0 Å². The molecule has 0 aliphatic rings. The van der Waals surface area contributed by atoms with E-state index in [0.29, 0.717) is 0 Å². The summed E-state index contributed by atoms with van der Waals surface area (Å²) in [5, 5.41) is 0. The van der Waals surface area contributed by atoms with Crippen LogP contribution in [0.2, 0.25) is 0 Å². The van der Waals surface area contributed by atoms with E-state index >= 15 is 0 Å². The molecule has 1 aromatic carbocycles. The molecule has 0 unspecified atom stereocenters. The molecule has 1 aromatic heterocycles. The summed E-state index contributed by atoms with van der Waals surface area (Å²) in [6, 6.07) is 13.1. The number of hydrogen-bond acceptors (Lipinski definition) is 2. The molecule has 0 atom stereocenters. The van der Waals surface area contributed by atoms with Crippen molar-refractivity contribution in [3.63, 3.8) is 0 Å². The molecule has 0 amide bonds. The van der Waals surface area contributed by atoms with Crippen LogP contribution >= 0.6 is 0 Å². The second-order valence-corrected chi connectivity index (χ2v) is 8.23. The van der Waals surface area contributed by atoms with Crippen LogP contribution < -0.4 is 4.74 Å². The number of benzene rings is 1. The molecule has 0 N–H and O–H groups in total. The van der Waals surface area contributed by atoms with E-state index in [-0.39, 0.29) is 0 Å². The van der Waals surface area contributed by atoms with Gasteiger partial charge in [-0.2, -0.15) is 0 Å². The Morgan fingerprint density at radius 3 is 1.97 bits per heavy atom. The molecule has 0 radical (unpaired) electrons.